The Labute approximate surface area is 171 Å². The Morgan fingerprint density at radius 2 is 2.18 bits per heavy atom. The summed E-state index contributed by atoms with van der Waals surface area (Å²) in [6.45, 7) is 5.06. The van der Waals surface area contributed by atoms with E-state index in [2.05, 4.69) is 25.8 Å². The molecule has 1 saturated heterocycles. The molecule has 3 N–H and O–H groups in total. The summed E-state index contributed by atoms with van der Waals surface area (Å²) < 4.78 is 1.98. The number of aryl methyl sites for hydroxylation is 1. The maximum Gasteiger partial charge on any atom is 0.251 e. The lowest BCUT2D eigenvalue weighted by molar-refractivity contribution is -0.118. The number of hydrogen-bond donors (Lipinski definition) is 3. The van der Waals surface area contributed by atoms with Crippen LogP contribution >= 0.6 is 12.4 Å². The minimum absolute atomic E-state index is 0. The highest BCUT2D eigenvalue weighted by molar-refractivity contribution is 5.97. The number of carbonyl (C=O) groups is 2. The number of nitrogens with zero attached hydrogens (tertiary/aromatic N) is 3. The lowest BCUT2D eigenvalue weighted by Crippen LogP contribution is -2.49. The van der Waals surface area contributed by atoms with Crippen LogP contribution in [-0.4, -0.2) is 59.0 Å². The van der Waals surface area contributed by atoms with Gasteiger partial charge in [-0.1, -0.05) is 6.07 Å². The summed E-state index contributed by atoms with van der Waals surface area (Å²) in [6.07, 6.45) is 3.68. The SMILES string of the molecule is CCNC(=O)c1cccc(NC(=O)CN2CCNCC2c2nccn2C)c1.Cl. The Bertz CT molecular complexity index is 809. The van der Waals surface area contributed by atoms with Crippen molar-refractivity contribution in [1.29, 1.82) is 0 Å². The highest BCUT2D eigenvalue weighted by atomic mass is 35.5. The molecule has 0 saturated carbocycles. The smallest absolute Gasteiger partial charge is 0.251 e. The quantitative estimate of drug-likeness (QED) is 0.670. The molecule has 8 nitrogen and oxygen atoms in total. The molecule has 0 radical (unpaired) electrons. The molecule has 28 heavy (non-hydrogen) atoms. The van der Waals surface area contributed by atoms with Gasteiger partial charge < -0.3 is 20.5 Å². The zero-order valence-electron chi connectivity index (χ0n) is 16.1. The van der Waals surface area contributed by atoms with Crippen LogP contribution in [0.3, 0.4) is 0 Å². The number of piperazine rings is 1. The van der Waals surface area contributed by atoms with Gasteiger partial charge in [-0.15, -0.1) is 12.4 Å². The van der Waals surface area contributed by atoms with Gasteiger partial charge in [0.15, 0.2) is 0 Å². The van der Waals surface area contributed by atoms with E-state index in [1.807, 2.05) is 24.7 Å². The first-order valence-electron chi connectivity index (χ1n) is 9.18. The Morgan fingerprint density at radius 1 is 1.36 bits per heavy atom. The van der Waals surface area contributed by atoms with E-state index in [4.69, 9.17) is 0 Å². The fraction of sp³-hybridized carbons (Fsp3) is 0.421. The van der Waals surface area contributed by atoms with Crippen LogP contribution < -0.4 is 16.0 Å². The number of imidazole rings is 1. The van der Waals surface area contributed by atoms with Crippen LogP contribution in [0.4, 0.5) is 5.69 Å². The van der Waals surface area contributed by atoms with Gasteiger partial charge >= 0.3 is 0 Å². The van der Waals surface area contributed by atoms with E-state index in [1.165, 1.54) is 0 Å². The zero-order valence-corrected chi connectivity index (χ0v) is 17.0. The third kappa shape index (κ3) is 5.31. The second kappa shape index (κ2) is 10.2. The van der Waals surface area contributed by atoms with Crippen molar-refractivity contribution in [2.75, 3.05) is 38.0 Å². The van der Waals surface area contributed by atoms with Crippen LogP contribution in [0.15, 0.2) is 36.7 Å². The van der Waals surface area contributed by atoms with Crippen molar-refractivity contribution in [3.05, 3.63) is 48.0 Å². The van der Waals surface area contributed by atoms with E-state index in [9.17, 15) is 9.59 Å². The van der Waals surface area contributed by atoms with Gasteiger partial charge in [-0.05, 0) is 25.1 Å². The molecular formula is C19H27ClN6O2. The number of aromatic nitrogens is 2. The summed E-state index contributed by atoms with van der Waals surface area (Å²) in [4.78, 5) is 31.1. The Kier molecular flexibility index (Phi) is 7.98. The number of amides is 2. The number of rotatable bonds is 6. The molecule has 2 heterocycles. The predicted octanol–water partition coefficient (Wildman–Crippen LogP) is 1.18. The molecular weight excluding hydrogens is 380 g/mol. The fourth-order valence-corrected chi connectivity index (χ4v) is 3.27. The minimum Gasteiger partial charge on any atom is -0.352 e. The van der Waals surface area contributed by atoms with Gasteiger partial charge in [0.05, 0.1) is 12.6 Å². The molecule has 0 spiro atoms. The molecule has 0 aliphatic carbocycles. The fourth-order valence-electron chi connectivity index (χ4n) is 3.27. The van der Waals surface area contributed by atoms with Crippen molar-refractivity contribution in [1.82, 2.24) is 25.1 Å². The normalized spacial score (nSPS) is 16.9. The number of nitrogens with one attached hydrogen (secondary N) is 3. The number of benzene rings is 1. The molecule has 1 fully saturated rings. The maximum atomic E-state index is 12.6. The lowest BCUT2D eigenvalue weighted by Gasteiger charge is -2.35. The van der Waals surface area contributed by atoms with Gasteiger partial charge in [0.25, 0.3) is 5.91 Å². The van der Waals surface area contributed by atoms with Crippen molar-refractivity contribution >= 4 is 29.9 Å². The van der Waals surface area contributed by atoms with E-state index in [0.29, 0.717) is 17.8 Å². The van der Waals surface area contributed by atoms with Crippen LogP contribution in [-0.2, 0) is 11.8 Å². The number of halogens is 1. The van der Waals surface area contributed by atoms with E-state index in [1.54, 1.807) is 30.5 Å². The van der Waals surface area contributed by atoms with Gasteiger partial charge in [-0.3, -0.25) is 14.5 Å². The molecule has 3 rings (SSSR count). The molecule has 2 amide bonds. The molecule has 1 aliphatic heterocycles. The van der Waals surface area contributed by atoms with Crippen molar-refractivity contribution in [2.24, 2.45) is 7.05 Å². The topological polar surface area (TPSA) is 91.3 Å². The van der Waals surface area contributed by atoms with E-state index in [-0.39, 0.29) is 36.8 Å². The molecule has 152 valence electrons. The Morgan fingerprint density at radius 3 is 2.89 bits per heavy atom. The van der Waals surface area contributed by atoms with Crippen LogP contribution in [0.2, 0.25) is 0 Å². The molecule has 2 aromatic rings. The van der Waals surface area contributed by atoms with Crippen LogP contribution in [0.25, 0.3) is 0 Å². The third-order valence-corrected chi connectivity index (χ3v) is 4.60. The third-order valence-electron chi connectivity index (χ3n) is 4.60. The van der Waals surface area contributed by atoms with Gasteiger partial charge in [0.2, 0.25) is 5.91 Å². The van der Waals surface area contributed by atoms with Gasteiger partial charge in [-0.25, -0.2) is 4.98 Å². The minimum atomic E-state index is -0.148. The number of carbonyl (C=O) groups excluding carboxylic acids is 2. The first-order valence-corrected chi connectivity index (χ1v) is 9.18. The first-order chi connectivity index (χ1) is 13.1. The average molecular weight is 407 g/mol. The van der Waals surface area contributed by atoms with Crippen molar-refractivity contribution in [2.45, 2.75) is 13.0 Å². The van der Waals surface area contributed by atoms with Crippen molar-refractivity contribution < 1.29 is 9.59 Å². The molecule has 1 unspecified atom stereocenters. The number of anilines is 1. The first kappa shape index (κ1) is 21.9. The molecule has 1 atom stereocenters. The second-order valence-electron chi connectivity index (χ2n) is 6.58. The molecule has 1 aromatic carbocycles. The van der Waals surface area contributed by atoms with Crippen LogP contribution in [0.5, 0.6) is 0 Å². The van der Waals surface area contributed by atoms with Gasteiger partial charge in [0, 0.05) is 56.9 Å². The monoisotopic (exact) mass is 406 g/mol. The molecule has 1 aromatic heterocycles. The zero-order chi connectivity index (χ0) is 19.2. The van der Waals surface area contributed by atoms with Crippen LogP contribution in [0, 0.1) is 0 Å². The van der Waals surface area contributed by atoms with E-state index < -0.39 is 0 Å². The molecule has 0 bridgehead atoms. The molecule has 1 aliphatic rings. The Hall–Kier alpha value is -2.42. The van der Waals surface area contributed by atoms with E-state index >= 15 is 0 Å². The highest BCUT2D eigenvalue weighted by Crippen LogP contribution is 2.20. The molecule has 9 heteroatoms. The van der Waals surface area contributed by atoms with Crippen LogP contribution in [0.1, 0.15) is 29.1 Å². The highest BCUT2D eigenvalue weighted by Gasteiger charge is 2.28. The van der Waals surface area contributed by atoms with Crippen molar-refractivity contribution in [3.63, 3.8) is 0 Å². The standard InChI is InChI=1S/C19H26N6O2.ClH/c1-3-21-19(27)14-5-4-6-15(11-14)23-17(26)13-25-10-7-20-12-16(25)18-22-8-9-24(18)2;/h4-6,8-9,11,16,20H,3,7,10,12-13H2,1-2H3,(H,21,27)(H,23,26);1H. The summed E-state index contributed by atoms with van der Waals surface area (Å²) in [6, 6.07) is 7.02. The number of hydrogen-bond acceptors (Lipinski definition) is 5. The Balaban J connectivity index is 0.00000280. The average Bonchev–Trinajstić information content (AvgIpc) is 3.08. The van der Waals surface area contributed by atoms with E-state index in [0.717, 1.165) is 25.5 Å². The predicted molar refractivity (Wildman–Crippen MR) is 111 cm³/mol. The summed E-state index contributed by atoms with van der Waals surface area (Å²) >= 11 is 0. The summed E-state index contributed by atoms with van der Waals surface area (Å²) in [5.74, 6) is 0.683. The van der Waals surface area contributed by atoms with Gasteiger partial charge in [-0.2, -0.15) is 0 Å². The summed E-state index contributed by atoms with van der Waals surface area (Å²) in [7, 11) is 1.96. The summed E-state index contributed by atoms with van der Waals surface area (Å²) in [5, 5.41) is 9.02. The van der Waals surface area contributed by atoms with Gasteiger partial charge in [0.1, 0.15) is 5.82 Å². The largest absolute Gasteiger partial charge is 0.352 e. The summed E-state index contributed by atoms with van der Waals surface area (Å²) in [5.41, 5.74) is 1.15. The second-order valence-corrected chi connectivity index (χ2v) is 6.58. The lowest BCUT2D eigenvalue weighted by atomic mass is 10.1. The maximum absolute atomic E-state index is 12.6. The van der Waals surface area contributed by atoms with Crippen molar-refractivity contribution in [3.8, 4) is 0 Å².